The van der Waals surface area contributed by atoms with E-state index in [4.69, 9.17) is 19.5 Å². The molecule has 3 N–H and O–H groups in total. The molecule has 2 aromatic rings. The third kappa shape index (κ3) is 2.25. The van der Waals surface area contributed by atoms with Crippen molar-refractivity contribution in [2.45, 2.75) is 24.9 Å². The van der Waals surface area contributed by atoms with E-state index in [0.29, 0.717) is 22.3 Å². The number of nitrogens with two attached hydrogens (primary N) is 1. The predicted molar refractivity (Wildman–Crippen MR) is 76.6 cm³/mol. The van der Waals surface area contributed by atoms with E-state index in [1.165, 1.54) is 6.33 Å². The Hall–Kier alpha value is -1.10. The van der Waals surface area contributed by atoms with Crippen molar-refractivity contribution in [2.24, 2.45) is 0 Å². The average Bonchev–Trinajstić information content (AvgIpc) is 2.98. The van der Waals surface area contributed by atoms with Crippen molar-refractivity contribution in [1.29, 1.82) is 0 Å². The summed E-state index contributed by atoms with van der Waals surface area (Å²) in [5.41, 5.74) is 6.75. The fourth-order valence-electron chi connectivity index (χ4n) is 2.64. The molecule has 0 radical (unpaired) electrons. The van der Waals surface area contributed by atoms with Gasteiger partial charge in [0.1, 0.15) is 24.8 Å². The van der Waals surface area contributed by atoms with Crippen LogP contribution in [0.2, 0.25) is 0 Å². The third-order valence-corrected chi connectivity index (χ3v) is 5.17. The van der Waals surface area contributed by atoms with Crippen LogP contribution in [0, 0.1) is 0 Å². The van der Waals surface area contributed by atoms with Crippen LogP contribution in [-0.4, -0.2) is 43.2 Å². The molecule has 2 aliphatic heterocycles. The molecule has 118 valence electrons. The molecule has 12 heteroatoms. The quantitative estimate of drug-likeness (QED) is 0.538. The second-order valence-corrected chi connectivity index (χ2v) is 7.07. The SMILES string of the molecule is Nc1ncnc2c1nc(Br)n2[C@H]1C[C@@H]2OP(=O)(O)OC[C@H]2O1. The van der Waals surface area contributed by atoms with Gasteiger partial charge in [-0.15, -0.1) is 0 Å². The molecule has 0 saturated carbocycles. The first-order valence-electron chi connectivity index (χ1n) is 6.40. The zero-order chi connectivity index (χ0) is 15.5. The van der Waals surface area contributed by atoms with Gasteiger partial charge in [0.25, 0.3) is 0 Å². The number of nitrogens with zero attached hydrogens (tertiary/aromatic N) is 4. The van der Waals surface area contributed by atoms with Gasteiger partial charge >= 0.3 is 7.82 Å². The maximum atomic E-state index is 11.5. The van der Waals surface area contributed by atoms with Gasteiger partial charge in [-0.05, 0) is 15.9 Å². The van der Waals surface area contributed by atoms with Gasteiger partial charge < -0.3 is 15.4 Å². The van der Waals surface area contributed by atoms with Crippen LogP contribution in [0.25, 0.3) is 11.2 Å². The van der Waals surface area contributed by atoms with Crippen LogP contribution in [0.15, 0.2) is 11.1 Å². The first kappa shape index (κ1) is 14.5. The van der Waals surface area contributed by atoms with Crippen LogP contribution in [0.5, 0.6) is 0 Å². The van der Waals surface area contributed by atoms with E-state index >= 15 is 0 Å². The van der Waals surface area contributed by atoms with Gasteiger partial charge in [0.2, 0.25) is 0 Å². The number of hydrogen-bond acceptors (Lipinski definition) is 8. The summed E-state index contributed by atoms with van der Waals surface area (Å²) in [5, 5.41) is 0. The Morgan fingerprint density at radius 2 is 2.27 bits per heavy atom. The highest BCUT2D eigenvalue weighted by atomic mass is 79.9. The van der Waals surface area contributed by atoms with E-state index in [9.17, 15) is 9.46 Å². The summed E-state index contributed by atoms with van der Waals surface area (Å²) in [7, 11) is -3.99. The monoisotopic (exact) mass is 391 g/mol. The summed E-state index contributed by atoms with van der Waals surface area (Å²) in [6.07, 6.45) is 0.282. The number of rotatable bonds is 1. The molecule has 4 atom stereocenters. The molecule has 0 aliphatic carbocycles. The standard InChI is InChI=1S/C10H11BrN5O5P/c11-10-15-7-8(12)13-3-14-9(7)16(10)6-1-4-5(20-6)2-19-22(17,18)21-4/h3-6H,1-2H2,(H,17,18)(H2,12,13,14)/t4-,5+,6+/m0/s1. The fourth-order valence-corrected chi connectivity index (χ4v) is 4.18. The van der Waals surface area contributed by atoms with E-state index in [2.05, 4.69) is 30.9 Å². The lowest BCUT2D eigenvalue weighted by atomic mass is 10.2. The first-order valence-corrected chi connectivity index (χ1v) is 8.68. The largest absolute Gasteiger partial charge is 0.472 e. The number of nitrogen functional groups attached to an aromatic ring is 1. The van der Waals surface area contributed by atoms with E-state index in [-0.39, 0.29) is 12.4 Å². The molecule has 2 aromatic heterocycles. The average molecular weight is 392 g/mol. The Balaban J connectivity index is 1.71. The lowest BCUT2D eigenvalue weighted by Gasteiger charge is -2.26. The van der Waals surface area contributed by atoms with Gasteiger partial charge in [-0.1, -0.05) is 0 Å². The Kier molecular flexibility index (Phi) is 3.26. The summed E-state index contributed by atoms with van der Waals surface area (Å²) in [6, 6.07) is 0. The minimum Gasteiger partial charge on any atom is -0.382 e. The number of fused-ring (bicyclic) bond motifs is 2. The second kappa shape index (κ2) is 4.95. The number of ether oxygens (including phenoxy) is 1. The van der Waals surface area contributed by atoms with Crippen molar-refractivity contribution in [2.75, 3.05) is 12.3 Å². The van der Waals surface area contributed by atoms with E-state index < -0.39 is 26.3 Å². The van der Waals surface area contributed by atoms with Crippen molar-refractivity contribution in [3.63, 3.8) is 0 Å². The molecule has 4 rings (SSSR count). The van der Waals surface area contributed by atoms with Crippen LogP contribution in [-0.2, 0) is 18.3 Å². The van der Waals surface area contributed by atoms with Gasteiger partial charge in [0.15, 0.2) is 21.7 Å². The number of phosphoric ester groups is 1. The Bertz CT molecular complexity index is 799. The van der Waals surface area contributed by atoms with Crippen LogP contribution < -0.4 is 5.73 Å². The van der Waals surface area contributed by atoms with E-state index in [1.807, 2.05) is 0 Å². The van der Waals surface area contributed by atoms with E-state index in [1.54, 1.807) is 4.57 Å². The fraction of sp³-hybridized carbons (Fsp3) is 0.500. The van der Waals surface area contributed by atoms with Crippen LogP contribution in [0.1, 0.15) is 12.6 Å². The first-order chi connectivity index (χ1) is 10.4. The molecule has 2 saturated heterocycles. The summed E-state index contributed by atoms with van der Waals surface area (Å²) in [6.45, 7) is -0.00365. The number of halogens is 1. The molecule has 0 amide bonds. The number of aromatic nitrogens is 4. The highest BCUT2D eigenvalue weighted by molar-refractivity contribution is 9.10. The molecule has 1 unspecified atom stereocenters. The van der Waals surface area contributed by atoms with Crippen LogP contribution >= 0.6 is 23.8 Å². The molecule has 2 aliphatic rings. The molecule has 2 fully saturated rings. The maximum Gasteiger partial charge on any atom is 0.472 e. The minimum atomic E-state index is -3.99. The normalized spacial score (nSPS) is 34.9. The highest BCUT2D eigenvalue weighted by Gasteiger charge is 2.47. The zero-order valence-electron chi connectivity index (χ0n) is 11.0. The molecule has 0 spiro atoms. The molecule has 22 heavy (non-hydrogen) atoms. The Labute approximate surface area is 132 Å². The molecule has 4 heterocycles. The minimum absolute atomic E-state index is 0.00365. The van der Waals surface area contributed by atoms with Crippen molar-refractivity contribution in [3.05, 3.63) is 11.1 Å². The van der Waals surface area contributed by atoms with Crippen molar-refractivity contribution in [1.82, 2.24) is 19.5 Å². The summed E-state index contributed by atoms with van der Waals surface area (Å²) in [5.74, 6) is 0.263. The molecule has 0 aromatic carbocycles. The van der Waals surface area contributed by atoms with Gasteiger partial charge in [-0.2, -0.15) is 0 Å². The van der Waals surface area contributed by atoms with Crippen LogP contribution in [0.3, 0.4) is 0 Å². The number of hydrogen-bond donors (Lipinski definition) is 2. The van der Waals surface area contributed by atoms with Gasteiger partial charge in [0.05, 0.1) is 6.61 Å². The molecule has 0 bridgehead atoms. The van der Waals surface area contributed by atoms with Crippen molar-refractivity contribution < 1.29 is 23.2 Å². The van der Waals surface area contributed by atoms with Gasteiger partial charge in [-0.25, -0.2) is 19.5 Å². The summed E-state index contributed by atoms with van der Waals surface area (Å²) in [4.78, 5) is 21.7. The lowest BCUT2D eigenvalue weighted by molar-refractivity contribution is -0.0666. The predicted octanol–water partition coefficient (Wildman–Crippen LogP) is 0.974. The molecular weight excluding hydrogens is 381 g/mol. The third-order valence-electron chi connectivity index (χ3n) is 3.60. The second-order valence-electron chi connectivity index (χ2n) is 4.96. The van der Waals surface area contributed by atoms with Gasteiger partial charge in [0, 0.05) is 6.42 Å². The topological polar surface area (TPSA) is 135 Å². The van der Waals surface area contributed by atoms with Crippen molar-refractivity contribution >= 4 is 40.7 Å². The number of anilines is 1. The lowest BCUT2D eigenvalue weighted by Crippen LogP contribution is -2.32. The molecule has 10 nitrogen and oxygen atoms in total. The van der Waals surface area contributed by atoms with Crippen molar-refractivity contribution in [3.8, 4) is 0 Å². The highest BCUT2D eigenvalue weighted by Crippen LogP contribution is 2.52. The van der Waals surface area contributed by atoms with Gasteiger partial charge in [-0.3, -0.25) is 13.6 Å². The zero-order valence-corrected chi connectivity index (χ0v) is 13.5. The maximum absolute atomic E-state index is 11.5. The van der Waals surface area contributed by atoms with E-state index in [0.717, 1.165) is 0 Å². The molecular formula is C10H11BrN5O5P. The smallest absolute Gasteiger partial charge is 0.382 e. The summed E-state index contributed by atoms with van der Waals surface area (Å²) < 4.78 is 29.3. The number of phosphoric acid groups is 1. The van der Waals surface area contributed by atoms with Crippen LogP contribution in [0.4, 0.5) is 5.82 Å². The summed E-state index contributed by atoms with van der Waals surface area (Å²) >= 11 is 3.35. The Morgan fingerprint density at radius 3 is 3.09 bits per heavy atom. The Morgan fingerprint density at radius 1 is 1.45 bits per heavy atom. The number of imidazole rings is 1.